The van der Waals surface area contributed by atoms with E-state index in [4.69, 9.17) is 5.73 Å². The number of β-lactam (4-membered cyclic amide) rings is 1. The fraction of sp³-hybridized carbons (Fsp3) is 0.188. The van der Waals surface area contributed by atoms with Crippen LogP contribution in [0.25, 0.3) is 0 Å². The molecule has 1 saturated heterocycles. The number of carbonyl (C=O) groups is 1. The SMILES string of the molecule is CSC1(c2ccccc2)C(N)C(=O)N1c1ccccc1. The van der Waals surface area contributed by atoms with E-state index in [1.165, 1.54) is 0 Å². The highest BCUT2D eigenvalue weighted by atomic mass is 32.2. The Morgan fingerprint density at radius 1 is 1.05 bits per heavy atom. The van der Waals surface area contributed by atoms with Gasteiger partial charge in [-0.15, -0.1) is 11.8 Å². The Morgan fingerprint density at radius 3 is 2.15 bits per heavy atom. The molecule has 0 aromatic heterocycles. The molecule has 2 N–H and O–H groups in total. The molecule has 0 aliphatic carbocycles. The van der Waals surface area contributed by atoms with Crippen LogP contribution in [0.2, 0.25) is 0 Å². The molecular formula is C16H16N2OS. The maximum absolute atomic E-state index is 12.3. The number of hydrogen-bond donors (Lipinski definition) is 1. The number of anilines is 1. The number of amides is 1. The molecule has 3 rings (SSSR count). The van der Waals surface area contributed by atoms with Crippen molar-refractivity contribution in [2.45, 2.75) is 10.9 Å². The Balaban J connectivity index is 2.11. The van der Waals surface area contributed by atoms with Gasteiger partial charge in [-0.2, -0.15) is 0 Å². The second-order valence-corrected chi connectivity index (χ2v) is 5.78. The van der Waals surface area contributed by atoms with E-state index in [0.29, 0.717) is 0 Å². The predicted octanol–water partition coefficient (Wildman–Crippen LogP) is 2.58. The Hall–Kier alpha value is -1.78. The van der Waals surface area contributed by atoms with E-state index in [0.717, 1.165) is 11.3 Å². The summed E-state index contributed by atoms with van der Waals surface area (Å²) in [5.74, 6) is -0.0330. The molecule has 2 atom stereocenters. The van der Waals surface area contributed by atoms with Crippen molar-refractivity contribution in [3.05, 3.63) is 66.2 Å². The molecule has 4 heteroatoms. The van der Waals surface area contributed by atoms with Gasteiger partial charge in [0, 0.05) is 5.69 Å². The van der Waals surface area contributed by atoms with Crippen molar-refractivity contribution in [2.24, 2.45) is 5.73 Å². The topological polar surface area (TPSA) is 46.3 Å². The zero-order chi connectivity index (χ0) is 14.2. The molecule has 0 radical (unpaired) electrons. The first-order valence-corrected chi connectivity index (χ1v) is 7.69. The first-order valence-electron chi connectivity index (χ1n) is 6.47. The quantitative estimate of drug-likeness (QED) is 0.881. The number of nitrogens with two attached hydrogens (primary N) is 1. The first kappa shape index (κ1) is 13.2. The second-order valence-electron chi connectivity index (χ2n) is 4.75. The fourth-order valence-corrected chi connectivity index (χ4v) is 3.87. The first-order chi connectivity index (χ1) is 9.71. The number of thioether (sulfide) groups is 1. The molecule has 0 spiro atoms. The minimum Gasteiger partial charge on any atom is -0.317 e. The van der Waals surface area contributed by atoms with Crippen LogP contribution in [-0.4, -0.2) is 18.2 Å². The fourth-order valence-electron chi connectivity index (χ4n) is 2.76. The Kier molecular flexibility index (Phi) is 3.28. The summed E-state index contributed by atoms with van der Waals surface area (Å²) in [4.78, 5) is 13.6. The van der Waals surface area contributed by atoms with Gasteiger partial charge in [0.25, 0.3) is 0 Å². The smallest absolute Gasteiger partial charge is 0.249 e. The normalized spacial score (nSPS) is 25.4. The molecule has 1 aliphatic heterocycles. The highest BCUT2D eigenvalue weighted by Gasteiger charge is 2.59. The molecule has 3 nitrogen and oxygen atoms in total. The van der Waals surface area contributed by atoms with Crippen LogP contribution in [0.3, 0.4) is 0 Å². The lowest BCUT2D eigenvalue weighted by Crippen LogP contribution is -2.74. The predicted molar refractivity (Wildman–Crippen MR) is 83.5 cm³/mol. The third-order valence-electron chi connectivity index (χ3n) is 3.75. The minimum atomic E-state index is -0.514. The highest BCUT2D eigenvalue weighted by Crippen LogP contribution is 2.50. The largest absolute Gasteiger partial charge is 0.317 e. The second kappa shape index (κ2) is 4.96. The molecule has 1 amide bonds. The van der Waals surface area contributed by atoms with E-state index in [-0.39, 0.29) is 5.91 Å². The van der Waals surface area contributed by atoms with E-state index in [1.54, 1.807) is 16.7 Å². The Labute approximate surface area is 122 Å². The summed E-state index contributed by atoms with van der Waals surface area (Å²) in [7, 11) is 0. The number of rotatable bonds is 3. The molecule has 0 saturated carbocycles. The summed E-state index contributed by atoms with van der Waals surface area (Å²) in [6.07, 6.45) is 2.00. The van der Waals surface area contributed by atoms with Gasteiger partial charge in [0.2, 0.25) is 5.91 Å². The van der Waals surface area contributed by atoms with E-state index < -0.39 is 10.9 Å². The molecule has 20 heavy (non-hydrogen) atoms. The van der Waals surface area contributed by atoms with E-state index in [1.807, 2.05) is 66.9 Å². The molecule has 2 unspecified atom stereocenters. The zero-order valence-corrected chi connectivity index (χ0v) is 12.0. The van der Waals surface area contributed by atoms with Gasteiger partial charge in [-0.25, -0.2) is 0 Å². The van der Waals surface area contributed by atoms with Crippen LogP contribution in [0, 0.1) is 0 Å². The molecular weight excluding hydrogens is 268 g/mol. The summed E-state index contributed by atoms with van der Waals surface area (Å²) in [6.45, 7) is 0. The van der Waals surface area contributed by atoms with Gasteiger partial charge in [0.1, 0.15) is 10.9 Å². The highest BCUT2D eigenvalue weighted by molar-refractivity contribution is 7.99. The van der Waals surface area contributed by atoms with Crippen LogP contribution in [0.1, 0.15) is 5.56 Å². The lowest BCUT2D eigenvalue weighted by molar-refractivity contribution is -0.127. The van der Waals surface area contributed by atoms with Gasteiger partial charge in [0.15, 0.2) is 0 Å². The number of benzene rings is 2. The number of para-hydroxylation sites is 1. The number of carbonyl (C=O) groups excluding carboxylic acids is 1. The molecule has 102 valence electrons. The van der Waals surface area contributed by atoms with Gasteiger partial charge >= 0.3 is 0 Å². The van der Waals surface area contributed by atoms with Crippen LogP contribution >= 0.6 is 11.8 Å². The molecule has 2 aromatic rings. The van der Waals surface area contributed by atoms with E-state index >= 15 is 0 Å². The van der Waals surface area contributed by atoms with Crippen molar-refractivity contribution in [2.75, 3.05) is 11.2 Å². The van der Waals surface area contributed by atoms with Crippen molar-refractivity contribution in [1.82, 2.24) is 0 Å². The van der Waals surface area contributed by atoms with Gasteiger partial charge in [-0.05, 0) is 24.0 Å². The minimum absolute atomic E-state index is 0.0330. The summed E-state index contributed by atoms with van der Waals surface area (Å²) >= 11 is 1.61. The third kappa shape index (κ3) is 1.69. The lowest BCUT2D eigenvalue weighted by Gasteiger charge is -2.55. The van der Waals surface area contributed by atoms with Gasteiger partial charge < -0.3 is 5.73 Å². The molecule has 1 heterocycles. The average Bonchev–Trinajstić information content (AvgIpc) is 2.53. The van der Waals surface area contributed by atoms with Crippen molar-refractivity contribution in [3.63, 3.8) is 0 Å². The summed E-state index contributed by atoms with van der Waals surface area (Å²) < 4.78 is 0. The van der Waals surface area contributed by atoms with E-state index in [9.17, 15) is 4.79 Å². The van der Waals surface area contributed by atoms with Crippen molar-refractivity contribution < 1.29 is 4.79 Å². The van der Waals surface area contributed by atoms with Crippen LogP contribution in [0.4, 0.5) is 5.69 Å². The number of nitrogens with zero attached hydrogens (tertiary/aromatic N) is 1. The van der Waals surface area contributed by atoms with Crippen LogP contribution in [0.5, 0.6) is 0 Å². The molecule has 1 fully saturated rings. The summed E-state index contributed by atoms with van der Waals surface area (Å²) in [5.41, 5.74) is 8.10. The number of hydrogen-bond acceptors (Lipinski definition) is 3. The van der Waals surface area contributed by atoms with Crippen LogP contribution in [-0.2, 0) is 9.67 Å². The van der Waals surface area contributed by atoms with Crippen molar-refractivity contribution >= 4 is 23.4 Å². The van der Waals surface area contributed by atoms with Gasteiger partial charge in [-0.3, -0.25) is 9.69 Å². The van der Waals surface area contributed by atoms with Crippen LogP contribution < -0.4 is 10.6 Å². The standard InChI is InChI=1S/C16H16N2OS/c1-20-16(12-8-4-2-5-9-12)14(17)15(19)18(16)13-10-6-3-7-11-13/h2-11,14H,17H2,1H3. The molecule has 0 bridgehead atoms. The van der Waals surface area contributed by atoms with Gasteiger partial charge in [-0.1, -0.05) is 48.5 Å². The Morgan fingerprint density at radius 2 is 1.60 bits per heavy atom. The molecule has 2 aromatic carbocycles. The van der Waals surface area contributed by atoms with E-state index in [2.05, 4.69) is 0 Å². The summed E-state index contributed by atoms with van der Waals surface area (Å²) in [5, 5.41) is 0. The maximum Gasteiger partial charge on any atom is 0.249 e. The third-order valence-corrected chi connectivity index (χ3v) is 5.05. The lowest BCUT2D eigenvalue weighted by atomic mass is 9.87. The van der Waals surface area contributed by atoms with Crippen LogP contribution in [0.15, 0.2) is 60.7 Å². The van der Waals surface area contributed by atoms with Crippen molar-refractivity contribution in [3.8, 4) is 0 Å². The average molecular weight is 284 g/mol. The summed E-state index contributed by atoms with van der Waals surface area (Å²) in [6, 6.07) is 19.2. The Bertz CT molecular complexity index is 617. The van der Waals surface area contributed by atoms with Crippen molar-refractivity contribution in [1.29, 1.82) is 0 Å². The maximum atomic E-state index is 12.3. The zero-order valence-electron chi connectivity index (χ0n) is 11.2. The molecule has 1 aliphatic rings. The van der Waals surface area contributed by atoms with Gasteiger partial charge in [0.05, 0.1) is 0 Å². The monoisotopic (exact) mass is 284 g/mol.